The second kappa shape index (κ2) is 6.22. The molecule has 1 aromatic heterocycles. The summed E-state index contributed by atoms with van der Waals surface area (Å²) in [6.45, 7) is 4.11. The molecule has 0 aliphatic rings. The fourth-order valence-corrected chi connectivity index (χ4v) is 3.10. The van der Waals surface area contributed by atoms with Gasteiger partial charge in [0.2, 0.25) is 0 Å². The fraction of sp³-hybridized carbons (Fsp3) is 0.111. The highest BCUT2D eigenvalue weighted by atomic mass is 32.1. The number of aromatic carboxylic acids is 1. The first-order chi connectivity index (χ1) is 11.0. The number of hydrogen-bond acceptors (Lipinski definition) is 4. The lowest BCUT2D eigenvalue weighted by molar-refractivity contribution is 0.0697. The van der Waals surface area contributed by atoms with Crippen molar-refractivity contribution in [2.75, 3.05) is 5.32 Å². The number of aryl methyl sites for hydroxylation is 2. The average molecular weight is 324 g/mol. The van der Waals surface area contributed by atoms with Crippen molar-refractivity contribution >= 4 is 28.1 Å². The van der Waals surface area contributed by atoms with Gasteiger partial charge in [-0.3, -0.25) is 0 Å². The molecule has 4 nitrogen and oxygen atoms in total. The van der Waals surface area contributed by atoms with Crippen LogP contribution in [0, 0.1) is 13.8 Å². The molecule has 0 aliphatic carbocycles. The molecule has 3 aromatic rings. The summed E-state index contributed by atoms with van der Waals surface area (Å²) in [6.07, 6.45) is 0. The van der Waals surface area contributed by atoms with E-state index in [1.54, 1.807) is 35.6 Å². The lowest BCUT2D eigenvalue weighted by Gasteiger charge is -2.02. The summed E-state index contributed by atoms with van der Waals surface area (Å²) in [5, 5.41) is 12.9. The minimum absolute atomic E-state index is 0.270. The Hall–Kier alpha value is -2.66. The van der Waals surface area contributed by atoms with Gasteiger partial charge < -0.3 is 10.4 Å². The Morgan fingerprint density at radius 3 is 2.30 bits per heavy atom. The van der Waals surface area contributed by atoms with E-state index in [9.17, 15) is 4.79 Å². The first-order valence-corrected chi connectivity index (χ1v) is 7.99. The summed E-state index contributed by atoms with van der Waals surface area (Å²) in [4.78, 5) is 16.7. The number of nitrogens with zero attached hydrogens (tertiary/aromatic N) is 1. The van der Waals surface area contributed by atoms with Gasteiger partial charge in [0.15, 0.2) is 5.13 Å². The van der Waals surface area contributed by atoms with E-state index >= 15 is 0 Å². The molecule has 23 heavy (non-hydrogen) atoms. The van der Waals surface area contributed by atoms with E-state index in [-0.39, 0.29) is 5.56 Å². The lowest BCUT2D eigenvalue weighted by atomic mass is 10.1. The first-order valence-electron chi connectivity index (χ1n) is 7.18. The molecule has 2 aromatic carbocycles. The summed E-state index contributed by atoms with van der Waals surface area (Å²) in [5.74, 6) is -0.927. The Balaban J connectivity index is 1.83. The molecular formula is C18H16N2O2S. The zero-order valence-electron chi connectivity index (χ0n) is 12.8. The number of hydrogen-bond donors (Lipinski definition) is 2. The number of thiazole rings is 1. The van der Waals surface area contributed by atoms with Gasteiger partial charge in [-0.25, -0.2) is 9.78 Å². The van der Waals surface area contributed by atoms with Crippen molar-refractivity contribution < 1.29 is 9.90 Å². The lowest BCUT2D eigenvalue weighted by Crippen LogP contribution is -1.96. The number of carboxylic acid groups (broad SMARTS) is 1. The van der Waals surface area contributed by atoms with E-state index < -0.39 is 5.97 Å². The Kier molecular flexibility index (Phi) is 4.12. The summed E-state index contributed by atoms with van der Waals surface area (Å²) >= 11 is 1.58. The van der Waals surface area contributed by atoms with Crippen molar-refractivity contribution in [1.82, 2.24) is 4.98 Å². The summed E-state index contributed by atoms with van der Waals surface area (Å²) in [6, 6.07) is 14.9. The molecular weight excluding hydrogens is 308 g/mol. The topological polar surface area (TPSA) is 62.2 Å². The molecule has 0 aliphatic heterocycles. The van der Waals surface area contributed by atoms with Crippen LogP contribution in [-0.4, -0.2) is 16.1 Å². The minimum atomic E-state index is -0.927. The SMILES string of the molecule is Cc1ccc(-c2nc(Nc3ccc(C(=O)O)cc3)sc2C)cc1. The molecule has 3 rings (SSSR count). The average Bonchev–Trinajstić information content (AvgIpc) is 2.89. The van der Waals surface area contributed by atoms with Crippen LogP contribution in [0.3, 0.4) is 0 Å². The van der Waals surface area contributed by atoms with Gasteiger partial charge in [-0.1, -0.05) is 29.8 Å². The van der Waals surface area contributed by atoms with Gasteiger partial charge >= 0.3 is 5.97 Å². The van der Waals surface area contributed by atoms with Crippen LogP contribution in [-0.2, 0) is 0 Å². The number of nitrogens with one attached hydrogen (secondary N) is 1. The van der Waals surface area contributed by atoms with Crippen LogP contribution in [0.4, 0.5) is 10.8 Å². The van der Waals surface area contributed by atoms with E-state index in [0.717, 1.165) is 27.0 Å². The van der Waals surface area contributed by atoms with Crippen LogP contribution in [0.5, 0.6) is 0 Å². The Labute approximate surface area is 138 Å². The van der Waals surface area contributed by atoms with E-state index in [1.807, 2.05) is 6.92 Å². The molecule has 0 amide bonds. The number of aromatic nitrogens is 1. The Bertz CT molecular complexity index is 836. The second-order valence-electron chi connectivity index (χ2n) is 5.30. The smallest absolute Gasteiger partial charge is 0.335 e. The molecule has 0 saturated heterocycles. The van der Waals surface area contributed by atoms with Crippen molar-refractivity contribution in [2.24, 2.45) is 0 Å². The van der Waals surface area contributed by atoms with Gasteiger partial charge in [-0.2, -0.15) is 0 Å². The number of carboxylic acids is 1. The largest absolute Gasteiger partial charge is 0.478 e. The maximum atomic E-state index is 10.9. The number of anilines is 2. The Morgan fingerprint density at radius 1 is 1.04 bits per heavy atom. The first kappa shape index (κ1) is 15.2. The van der Waals surface area contributed by atoms with Crippen molar-refractivity contribution in [3.63, 3.8) is 0 Å². The summed E-state index contributed by atoms with van der Waals surface area (Å²) < 4.78 is 0. The third kappa shape index (κ3) is 3.40. The van der Waals surface area contributed by atoms with Gasteiger partial charge in [0, 0.05) is 16.1 Å². The number of carbonyl (C=O) groups is 1. The molecule has 0 unspecified atom stereocenters. The molecule has 0 fully saturated rings. The predicted molar refractivity (Wildman–Crippen MR) is 93.7 cm³/mol. The van der Waals surface area contributed by atoms with Crippen LogP contribution >= 0.6 is 11.3 Å². The van der Waals surface area contributed by atoms with Crippen molar-refractivity contribution in [3.05, 3.63) is 64.5 Å². The fourth-order valence-electron chi connectivity index (χ4n) is 2.25. The molecule has 1 heterocycles. The third-order valence-corrected chi connectivity index (χ3v) is 4.39. The standard InChI is InChI=1S/C18H16N2O2S/c1-11-3-5-13(6-4-11)16-12(2)23-18(20-16)19-15-9-7-14(8-10-15)17(21)22/h3-10H,1-2H3,(H,19,20)(H,21,22). The highest BCUT2D eigenvalue weighted by Gasteiger charge is 2.10. The molecule has 0 atom stereocenters. The summed E-state index contributed by atoms with van der Waals surface area (Å²) in [7, 11) is 0. The Morgan fingerprint density at radius 2 is 1.70 bits per heavy atom. The molecule has 0 saturated carbocycles. The normalized spacial score (nSPS) is 10.5. The van der Waals surface area contributed by atoms with E-state index in [4.69, 9.17) is 5.11 Å². The number of benzene rings is 2. The van der Waals surface area contributed by atoms with E-state index in [2.05, 4.69) is 41.5 Å². The predicted octanol–water partition coefficient (Wildman–Crippen LogP) is 4.87. The van der Waals surface area contributed by atoms with E-state index in [0.29, 0.717) is 0 Å². The van der Waals surface area contributed by atoms with Crippen LogP contribution in [0.15, 0.2) is 48.5 Å². The van der Waals surface area contributed by atoms with Gasteiger partial charge in [-0.15, -0.1) is 11.3 Å². The third-order valence-electron chi connectivity index (χ3n) is 3.50. The highest BCUT2D eigenvalue weighted by molar-refractivity contribution is 7.16. The maximum absolute atomic E-state index is 10.9. The molecule has 2 N–H and O–H groups in total. The van der Waals surface area contributed by atoms with Gasteiger partial charge in [-0.05, 0) is 38.1 Å². The van der Waals surface area contributed by atoms with Crippen LogP contribution < -0.4 is 5.32 Å². The monoisotopic (exact) mass is 324 g/mol. The highest BCUT2D eigenvalue weighted by Crippen LogP contribution is 2.32. The molecule has 0 spiro atoms. The van der Waals surface area contributed by atoms with E-state index in [1.165, 1.54) is 5.56 Å². The van der Waals surface area contributed by atoms with Crippen LogP contribution in [0.25, 0.3) is 11.3 Å². The zero-order chi connectivity index (χ0) is 16.4. The van der Waals surface area contributed by atoms with Gasteiger partial charge in [0.05, 0.1) is 11.3 Å². The minimum Gasteiger partial charge on any atom is -0.478 e. The molecule has 116 valence electrons. The summed E-state index contributed by atoms with van der Waals surface area (Å²) in [5.41, 5.74) is 4.38. The van der Waals surface area contributed by atoms with Crippen molar-refractivity contribution in [2.45, 2.75) is 13.8 Å². The quantitative estimate of drug-likeness (QED) is 0.719. The van der Waals surface area contributed by atoms with Gasteiger partial charge in [0.1, 0.15) is 0 Å². The zero-order valence-corrected chi connectivity index (χ0v) is 13.6. The molecule has 0 bridgehead atoms. The second-order valence-corrected chi connectivity index (χ2v) is 6.50. The molecule has 5 heteroatoms. The van der Waals surface area contributed by atoms with Crippen LogP contribution in [0.1, 0.15) is 20.8 Å². The maximum Gasteiger partial charge on any atom is 0.335 e. The molecule has 0 radical (unpaired) electrons. The van der Waals surface area contributed by atoms with Crippen molar-refractivity contribution in [3.8, 4) is 11.3 Å². The van der Waals surface area contributed by atoms with Crippen LogP contribution in [0.2, 0.25) is 0 Å². The number of rotatable bonds is 4. The van der Waals surface area contributed by atoms with Crippen molar-refractivity contribution in [1.29, 1.82) is 0 Å². The van der Waals surface area contributed by atoms with Gasteiger partial charge in [0.25, 0.3) is 0 Å².